The van der Waals surface area contributed by atoms with E-state index in [0.29, 0.717) is 0 Å². The Balaban J connectivity index is 2.43. The smallest absolute Gasteiger partial charge is 0.348 e. The first-order valence-corrected chi connectivity index (χ1v) is 4.72. The topological polar surface area (TPSA) is 88.0 Å². The van der Waals surface area contributed by atoms with E-state index in [4.69, 9.17) is 5.11 Å². The maximum Gasteiger partial charge on any atom is 0.348 e. The maximum atomic E-state index is 13.0. The van der Waals surface area contributed by atoms with Gasteiger partial charge in [0.05, 0.1) is 5.69 Å². The minimum absolute atomic E-state index is 0.0201. The van der Waals surface area contributed by atoms with Crippen molar-refractivity contribution < 1.29 is 14.3 Å². The molecule has 0 spiro atoms. The zero-order chi connectivity index (χ0) is 12.4. The standard InChI is InChI=1S/C10H8FN3O3/c11-6-2-1-3-7(4-6)14-10(17)12-8(13-14)5-9(15)16/h1-4H,5H2,(H,15,16)(H,12,13,17). The quantitative estimate of drug-likeness (QED) is 0.805. The first-order valence-electron chi connectivity index (χ1n) is 4.72. The molecule has 0 saturated heterocycles. The predicted octanol–water partition coefficient (Wildman–Crippen LogP) is 0.327. The molecule has 0 aliphatic rings. The van der Waals surface area contributed by atoms with Gasteiger partial charge in [-0.3, -0.25) is 9.78 Å². The number of aromatic amines is 1. The summed E-state index contributed by atoms with van der Waals surface area (Å²) in [5.41, 5.74) is -0.366. The summed E-state index contributed by atoms with van der Waals surface area (Å²) in [5.74, 6) is -1.59. The van der Waals surface area contributed by atoms with Gasteiger partial charge >= 0.3 is 11.7 Å². The fraction of sp³-hybridized carbons (Fsp3) is 0.100. The summed E-state index contributed by atoms with van der Waals surface area (Å²) >= 11 is 0. The fourth-order valence-electron chi connectivity index (χ4n) is 1.37. The molecular formula is C10H8FN3O3. The van der Waals surface area contributed by atoms with E-state index in [2.05, 4.69) is 10.1 Å². The Morgan fingerprint density at radius 2 is 2.29 bits per heavy atom. The Bertz CT molecular complexity index is 617. The van der Waals surface area contributed by atoms with Crippen molar-refractivity contribution in [2.24, 2.45) is 0 Å². The Labute approximate surface area is 94.3 Å². The van der Waals surface area contributed by atoms with Gasteiger partial charge in [-0.05, 0) is 18.2 Å². The Hall–Kier alpha value is -2.44. The van der Waals surface area contributed by atoms with Crippen LogP contribution in [0.15, 0.2) is 29.1 Å². The second kappa shape index (κ2) is 4.20. The van der Waals surface area contributed by atoms with Crippen LogP contribution in [0.25, 0.3) is 5.69 Å². The van der Waals surface area contributed by atoms with Crippen LogP contribution in [0.1, 0.15) is 5.82 Å². The molecule has 0 atom stereocenters. The molecule has 88 valence electrons. The molecule has 1 heterocycles. The van der Waals surface area contributed by atoms with E-state index in [9.17, 15) is 14.0 Å². The molecule has 0 unspecified atom stereocenters. The summed E-state index contributed by atoms with van der Waals surface area (Å²) in [7, 11) is 0. The zero-order valence-corrected chi connectivity index (χ0v) is 8.55. The Morgan fingerprint density at radius 3 is 2.94 bits per heavy atom. The molecule has 2 N–H and O–H groups in total. The van der Waals surface area contributed by atoms with E-state index in [1.165, 1.54) is 18.2 Å². The lowest BCUT2D eigenvalue weighted by atomic mass is 10.3. The molecule has 0 amide bonds. The Kier molecular flexibility index (Phi) is 2.73. The second-order valence-corrected chi connectivity index (χ2v) is 3.34. The van der Waals surface area contributed by atoms with Crippen LogP contribution in [0.3, 0.4) is 0 Å². The van der Waals surface area contributed by atoms with Crippen molar-refractivity contribution in [1.82, 2.24) is 14.8 Å². The van der Waals surface area contributed by atoms with Crippen LogP contribution in [-0.2, 0) is 11.2 Å². The van der Waals surface area contributed by atoms with Gasteiger partial charge in [-0.1, -0.05) is 6.07 Å². The highest BCUT2D eigenvalue weighted by molar-refractivity contribution is 5.68. The summed E-state index contributed by atoms with van der Waals surface area (Å²) in [6, 6.07) is 5.30. The number of hydrogen-bond acceptors (Lipinski definition) is 3. The molecule has 0 radical (unpaired) electrons. The highest BCUT2D eigenvalue weighted by atomic mass is 19.1. The number of carboxylic acids is 1. The molecule has 0 aliphatic heterocycles. The number of benzene rings is 1. The van der Waals surface area contributed by atoms with E-state index in [-0.39, 0.29) is 11.5 Å². The van der Waals surface area contributed by atoms with E-state index >= 15 is 0 Å². The number of aromatic nitrogens is 3. The molecule has 7 heteroatoms. The molecular weight excluding hydrogens is 229 g/mol. The van der Waals surface area contributed by atoms with Gasteiger partial charge in [0.15, 0.2) is 0 Å². The van der Waals surface area contributed by atoms with Crippen molar-refractivity contribution in [3.8, 4) is 5.69 Å². The van der Waals surface area contributed by atoms with Gasteiger partial charge in [0.25, 0.3) is 0 Å². The van der Waals surface area contributed by atoms with Crippen LogP contribution >= 0.6 is 0 Å². The van der Waals surface area contributed by atoms with Crippen molar-refractivity contribution in [3.63, 3.8) is 0 Å². The summed E-state index contributed by atoms with van der Waals surface area (Å²) < 4.78 is 13.9. The first-order chi connectivity index (χ1) is 8.06. The third-order valence-electron chi connectivity index (χ3n) is 2.04. The molecule has 1 aromatic carbocycles. The molecule has 0 saturated carbocycles. The van der Waals surface area contributed by atoms with Crippen molar-refractivity contribution in [2.75, 3.05) is 0 Å². The lowest BCUT2D eigenvalue weighted by Crippen LogP contribution is -2.15. The molecule has 0 bridgehead atoms. The van der Waals surface area contributed by atoms with E-state index in [0.717, 1.165) is 10.7 Å². The maximum absolute atomic E-state index is 13.0. The minimum atomic E-state index is -1.11. The number of aliphatic carboxylic acids is 1. The second-order valence-electron chi connectivity index (χ2n) is 3.34. The summed E-state index contributed by atoms with van der Waals surface area (Å²) in [5, 5.41) is 12.3. The number of nitrogens with zero attached hydrogens (tertiary/aromatic N) is 2. The van der Waals surface area contributed by atoms with Gasteiger partial charge in [-0.2, -0.15) is 4.68 Å². The SMILES string of the molecule is O=C(O)Cc1nn(-c2cccc(F)c2)c(=O)[nH]1. The lowest BCUT2D eigenvalue weighted by Gasteiger charge is -1.98. The van der Waals surface area contributed by atoms with E-state index in [1.807, 2.05) is 0 Å². The highest BCUT2D eigenvalue weighted by Crippen LogP contribution is 2.06. The van der Waals surface area contributed by atoms with Crippen LogP contribution in [0.5, 0.6) is 0 Å². The van der Waals surface area contributed by atoms with Gasteiger partial charge in [0.2, 0.25) is 0 Å². The molecule has 1 aromatic heterocycles. The van der Waals surface area contributed by atoms with Gasteiger partial charge < -0.3 is 5.11 Å². The number of nitrogens with one attached hydrogen (secondary N) is 1. The van der Waals surface area contributed by atoms with Crippen LogP contribution in [0, 0.1) is 5.82 Å². The number of carboxylic acid groups (broad SMARTS) is 1. The summed E-state index contributed by atoms with van der Waals surface area (Å²) in [6.07, 6.45) is -0.391. The normalized spacial score (nSPS) is 10.4. The third-order valence-corrected chi connectivity index (χ3v) is 2.04. The molecule has 2 rings (SSSR count). The van der Waals surface area contributed by atoms with Crippen LogP contribution in [0.4, 0.5) is 4.39 Å². The van der Waals surface area contributed by atoms with Crippen molar-refractivity contribution in [1.29, 1.82) is 0 Å². The lowest BCUT2D eigenvalue weighted by molar-refractivity contribution is -0.136. The summed E-state index contributed by atoms with van der Waals surface area (Å²) in [4.78, 5) is 24.2. The van der Waals surface area contributed by atoms with Gasteiger partial charge in [0, 0.05) is 0 Å². The monoisotopic (exact) mass is 237 g/mol. The Morgan fingerprint density at radius 1 is 1.53 bits per heavy atom. The molecule has 17 heavy (non-hydrogen) atoms. The first kappa shape index (κ1) is 11.1. The minimum Gasteiger partial charge on any atom is -0.481 e. The van der Waals surface area contributed by atoms with Crippen molar-refractivity contribution in [3.05, 3.63) is 46.4 Å². The fourth-order valence-corrected chi connectivity index (χ4v) is 1.37. The number of hydrogen-bond donors (Lipinski definition) is 2. The number of H-pyrrole nitrogens is 1. The van der Waals surface area contributed by atoms with Gasteiger partial charge in [-0.15, -0.1) is 5.10 Å². The zero-order valence-electron chi connectivity index (χ0n) is 8.55. The van der Waals surface area contributed by atoms with Gasteiger partial charge in [0.1, 0.15) is 18.1 Å². The van der Waals surface area contributed by atoms with Crippen LogP contribution < -0.4 is 5.69 Å². The predicted molar refractivity (Wildman–Crippen MR) is 55.5 cm³/mol. The number of halogens is 1. The van der Waals surface area contributed by atoms with Crippen LogP contribution in [0.2, 0.25) is 0 Å². The molecule has 6 nitrogen and oxygen atoms in total. The van der Waals surface area contributed by atoms with Gasteiger partial charge in [-0.25, -0.2) is 9.18 Å². The molecule has 0 aliphatic carbocycles. The van der Waals surface area contributed by atoms with Crippen molar-refractivity contribution >= 4 is 5.97 Å². The molecule has 2 aromatic rings. The highest BCUT2D eigenvalue weighted by Gasteiger charge is 2.10. The average Bonchev–Trinajstić information content (AvgIpc) is 2.58. The number of carbonyl (C=O) groups is 1. The third kappa shape index (κ3) is 2.39. The summed E-state index contributed by atoms with van der Waals surface area (Å²) in [6.45, 7) is 0. The van der Waals surface area contributed by atoms with E-state index in [1.54, 1.807) is 0 Å². The largest absolute Gasteiger partial charge is 0.481 e. The average molecular weight is 237 g/mol. The molecule has 0 fully saturated rings. The van der Waals surface area contributed by atoms with Crippen molar-refractivity contribution in [2.45, 2.75) is 6.42 Å². The number of rotatable bonds is 3. The van der Waals surface area contributed by atoms with E-state index < -0.39 is 23.9 Å². The van der Waals surface area contributed by atoms with Crippen LogP contribution in [-0.4, -0.2) is 25.8 Å².